The molecule has 2 fully saturated rings. The summed E-state index contributed by atoms with van der Waals surface area (Å²) in [4.78, 5) is 12.7. The summed E-state index contributed by atoms with van der Waals surface area (Å²) >= 11 is 0. The quantitative estimate of drug-likeness (QED) is 0.808. The molecule has 2 aliphatic rings. The van der Waals surface area contributed by atoms with Crippen LogP contribution in [0.4, 0.5) is 0 Å². The van der Waals surface area contributed by atoms with Gasteiger partial charge in [-0.3, -0.25) is 4.79 Å². The number of rotatable bonds is 5. The van der Waals surface area contributed by atoms with Crippen LogP contribution in [0.25, 0.3) is 0 Å². The van der Waals surface area contributed by atoms with Crippen molar-refractivity contribution in [2.75, 3.05) is 26.4 Å². The number of nitrogens with two attached hydrogens (primary N) is 1. The maximum Gasteiger partial charge on any atom is 0.227 e. The average molecular weight is 298 g/mol. The van der Waals surface area contributed by atoms with Crippen LogP contribution in [0.2, 0.25) is 0 Å². The Labute approximate surface area is 127 Å². The second-order valence-electron chi connectivity index (χ2n) is 6.50. The molecule has 1 atom stereocenters. The fourth-order valence-electron chi connectivity index (χ4n) is 3.52. The van der Waals surface area contributed by atoms with E-state index >= 15 is 0 Å². The molecule has 5 heteroatoms. The van der Waals surface area contributed by atoms with Crippen LogP contribution >= 0.6 is 0 Å². The van der Waals surface area contributed by atoms with Crippen LogP contribution in [0.3, 0.4) is 0 Å². The summed E-state index contributed by atoms with van der Waals surface area (Å²) in [5.41, 5.74) is 5.41. The van der Waals surface area contributed by atoms with E-state index < -0.39 is 5.41 Å². The third-order valence-corrected chi connectivity index (χ3v) is 5.44. The van der Waals surface area contributed by atoms with E-state index in [4.69, 9.17) is 15.2 Å². The lowest BCUT2D eigenvalue weighted by molar-refractivity contribution is -0.140. The number of carbonyl (C=O) groups is 1. The Morgan fingerprint density at radius 1 is 1.24 bits per heavy atom. The minimum atomic E-state index is -0.433. The zero-order chi connectivity index (χ0) is 15.3. The lowest BCUT2D eigenvalue weighted by Gasteiger charge is -2.42. The summed E-state index contributed by atoms with van der Waals surface area (Å²) in [6.07, 6.45) is 5.24. The Balaban J connectivity index is 1.98. The monoisotopic (exact) mass is 298 g/mol. The normalized spacial score (nSPS) is 28.0. The van der Waals surface area contributed by atoms with Crippen LogP contribution in [0.5, 0.6) is 0 Å². The van der Waals surface area contributed by atoms with Crippen LogP contribution in [0.1, 0.15) is 52.4 Å². The van der Waals surface area contributed by atoms with Gasteiger partial charge in [0, 0.05) is 32.4 Å². The van der Waals surface area contributed by atoms with E-state index in [2.05, 4.69) is 19.2 Å². The molecule has 2 rings (SSSR count). The van der Waals surface area contributed by atoms with Crippen molar-refractivity contribution in [3.05, 3.63) is 0 Å². The van der Waals surface area contributed by atoms with Gasteiger partial charge in [0.2, 0.25) is 5.91 Å². The minimum Gasteiger partial charge on any atom is -0.381 e. The maximum atomic E-state index is 12.7. The van der Waals surface area contributed by atoms with E-state index in [0.29, 0.717) is 19.8 Å². The molecule has 0 saturated carbocycles. The summed E-state index contributed by atoms with van der Waals surface area (Å²) in [6.45, 7) is 6.71. The maximum absolute atomic E-state index is 12.7. The third-order valence-electron chi connectivity index (χ3n) is 5.44. The number of hydrogen-bond donors (Lipinski definition) is 2. The van der Waals surface area contributed by atoms with Gasteiger partial charge in [0.15, 0.2) is 0 Å². The van der Waals surface area contributed by atoms with Gasteiger partial charge in [-0.05, 0) is 38.5 Å². The highest BCUT2D eigenvalue weighted by Crippen LogP contribution is 2.33. The van der Waals surface area contributed by atoms with Crippen molar-refractivity contribution in [3.63, 3.8) is 0 Å². The number of hydrogen-bond acceptors (Lipinski definition) is 4. The van der Waals surface area contributed by atoms with E-state index in [-0.39, 0.29) is 17.6 Å². The smallest absolute Gasteiger partial charge is 0.227 e. The second kappa shape index (κ2) is 7.07. The average Bonchev–Trinajstić information content (AvgIpc) is 2.55. The fourth-order valence-corrected chi connectivity index (χ4v) is 3.52. The SMILES string of the molecule is CCC1(CC)CC(NC(=O)C2(CN)CCOCC2)CCO1. The van der Waals surface area contributed by atoms with Gasteiger partial charge in [0.25, 0.3) is 0 Å². The topological polar surface area (TPSA) is 73.6 Å². The number of ether oxygens (including phenoxy) is 2. The largest absolute Gasteiger partial charge is 0.381 e. The first-order valence-electron chi connectivity index (χ1n) is 8.32. The van der Waals surface area contributed by atoms with E-state index in [9.17, 15) is 4.79 Å². The molecular formula is C16H30N2O3. The van der Waals surface area contributed by atoms with Crippen molar-refractivity contribution in [2.45, 2.75) is 64.0 Å². The summed E-state index contributed by atoms with van der Waals surface area (Å²) in [5, 5.41) is 3.25. The lowest BCUT2D eigenvalue weighted by Crippen LogP contribution is -2.55. The van der Waals surface area contributed by atoms with Gasteiger partial charge < -0.3 is 20.5 Å². The Hall–Kier alpha value is -0.650. The van der Waals surface area contributed by atoms with Gasteiger partial charge in [-0.1, -0.05) is 13.8 Å². The van der Waals surface area contributed by atoms with Crippen LogP contribution in [-0.2, 0) is 14.3 Å². The molecule has 1 amide bonds. The first-order valence-corrected chi connectivity index (χ1v) is 8.32. The van der Waals surface area contributed by atoms with E-state index in [0.717, 1.165) is 45.1 Å². The van der Waals surface area contributed by atoms with Gasteiger partial charge in [-0.15, -0.1) is 0 Å². The summed E-state index contributed by atoms with van der Waals surface area (Å²) < 4.78 is 11.4. The number of carbonyl (C=O) groups excluding carboxylic acids is 1. The highest BCUT2D eigenvalue weighted by atomic mass is 16.5. The van der Waals surface area contributed by atoms with Gasteiger partial charge in [-0.2, -0.15) is 0 Å². The Bertz CT molecular complexity index is 349. The third kappa shape index (κ3) is 3.58. The van der Waals surface area contributed by atoms with Crippen molar-refractivity contribution in [1.82, 2.24) is 5.32 Å². The summed E-state index contributed by atoms with van der Waals surface area (Å²) in [7, 11) is 0. The molecule has 2 heterocycles. The van der Waals surface area contributed by atoms with Crippen molar-refractivity contribution in [2.24, 2.45) is 11.1 Å². The molecular weight excluding hydrogens is 268 g/mol. The first-order chi connectivity index (χ1) is 10.1. The van der Waals surface area contributed by atoms with Gasteiger partial charge in [-0.25, -0.2) is 0 Å². The second-order valence-corrected chi connectivity index (χ2v) is 6.50. The van der Waals surface area contributed by atoms with E-state index in [1.807, 2.05) is 0 Å². The van der Waals surface area contributed by atoms with Crippen molar-refractivity contribution in [1.29, 1.82) is 0 Å². The molecule has 2 saturated heterocycles. The molecule has 0 radical (unpaired) electrons. The Morgan fingerprint density at radius 3 is 2.48 bits per heavy atom. The molecule has 21 heavy (non-hydrogen) atoms. The van der Waals surface area contributed by atoms with Crippen LogP contribution < -0.4 is 11.1 Å². The van der Waals surface area contributed by atoms with E-state index in [1.54, 1.807) is 0 Å². The van der Waals surface area contributed by atoms with Gasteiger partial charge in [0.05, 0.1) is 11.0 Å². The summed E-state index contributed by atoms with van der Waals surface area (Å²) in [5.74, 6) is 0.112. The molecule has 1 unspecified atom stereocenters. The van der Waals surface area contributed by atoms with Crippen molar-refractivity contribution < 1.29 is 14.3 Å². The molecule has 5 nitrogen and oxygen atoms in total. The highest BCUT2D eigenvalue weighted by molar-refractivity contribution is 5.83. The molecule has 2 aliphatic heterocycles. The molecule has 0 aromatic rings. The van der Waals surface area contributed by atoms with Gasteiger partial charge in [0.1, 0.15) is 0 Å². The van der Waals surface area contributed by atoms with Crippen LogP contribution in [0, 0.1) is 5.41 Å². The number of nitrogens with one attached hydrogen (secondary N) is 1. The van der Waals surface area contributed by atoms with Crippen molar-refractivity contribution >= 4 is 5.91 Å². The van der Waals surface area contributed by atoms with Crippen LogP contribution in [0.15, 0.2) is 0 Å². The molecule has 0 aromatic carbocycles. The molecule has 122 valence electrons. The minimum absolute atomic E-state index is 0.0677. The zero-order valence-electron chi connectivity index (χ0n) is 13.5. The van der Waals surface area contributed by atoms with Gasteiger partial charge >= 0.3 is 0 Å². The predicted molar refractivity (Wildman–Crippen MR) is 82.0 cm³/mol. The molecule has 0 spiro atoms. The van der Waals surface area contributed by atoms with E-state index in [1.165, 1.54) is 0 Å². The number of amides is 1. The standard InChI is InChI=1S/C16H30N2O3/c1-3-16(4-2)11-13(5-8-21-16)18-14(19)15(12-17)6-9-20-10-7-15/h13H,3-12,17H2,1-2H3,(H,18,19). The molecule has 0 aromatic heterocycles. The molecule has 0 aliphatic carbocycles. The lowest BCUT2D eigenvalue weighted by atomic mass is 9.78. The van der Waals surface area contributed by atoms with Crippen LogP contribution in [-0.4, -0.2) is 43.9 Å². The Kier molecular flexibility index (Phi) is 5.63. The Morgan fingerprint density at radius 2 is 1.90 bits per heavy atom. The molecule has 0 bridgehead atoms. The first kappa shape index (κ1) is 16.7. The molecule has 3 N–H and O–H groups in total. The predicted octanol–water partition coefficient (Wildman–Crippen LogP) is 1.60. The summed E-state index contributed by atoms with van der Waals surface area (Å²) in [6, 6.07) is 0.206. The highest BCUT2D eigenvalue weighted by Gasteiger charge is 2.41. The fraction of sp³-hybridized carbons (Fsp3) is 0.938. The zero-order valence-corrected chi connectivity index (χ0v) is 13.5. The van der Waals surface area contributed by atoms with Crippen molar-refractivity contribution in [3.8, 4) is 0 Å².